The van der Waals surface area contributed by atoms with E-state index >= 15 is 0 Å². The van der Waals surface area contributed by atoms with Gasteiger partial charge in [0.1, 0.15) is 6.61 Å². The largest absolute Gasteiger partial charge is 0.493 e. The lowest BCUT2D eigenvalue weighted by atomic mass is 9.74. The monoisotopic (exact) mass is 448 g/mol. The Kier molecular flexibility index (Phi) is 6.45. The van der Waals surface area contributed by atoms with Crippen LogP contribution in [0.2, 0.25) is 0 Å². The summed E-state index contributed by atoms with van der Waals surface area (Å²) in [6.45, 7) is -0.733. The summed E-state index contributed by atoms with van der Waals surface area (Å²) in [5.41, 5.74) is 3.00. The smallest absolute Gasteiger partial charge is 0.272 e. The fourth-order valence-corrected chi connectivity index (χ4v) is 4.46. The Morgan fingerprint density at radius 3 is 2.53 bits per heavy atom. The molecule has 9 heteroatoms. The Bertz CT molecular complexity index is 1010. The Labute approximate surface area is 185 Å². The lowest BCUT2D eigenvalue weighted by Gasteiger charge is -2.37. The van der Waals surface area contributed by atoms with E-state index in [1.807, 2.05) is 6.07 Å². The topological polar surface area (TPSA) is 82.4 Å². The molecule has 1 aliphatic carbocycles. The second-order valence-corrected chi connectivity index (χ2v) is 7.82. The third kappa shape index (κ3) is 4.21. The van der Waals surface area contributed by atoms with Crippen LogP contribution in [0.25, 0.3) is 0 Å². The Hall–Kier alpha value is -2.94. The zero-order valence-corrected chi connectivity index (χ0v) is 18.2. The van der Waals surface area contributed by atoms with Crippen LogP contribution in [-0.4, -0.2) is 62.3 Å². The molecule has 0 radical (unpaired) electrons. The van der Waals surface area contributed by atoms with Gasteiger partial charge in [-0.15, -0.1) is 0 Å². The van der Waals surface area contributed by atoms with Gasteiger partial charge in [0, 0.05) is 17.5 Å². The number of hydrogen-bond acceptors (Lipinski definition) is 7. The molecule has 32 heavy (non-hydrogen) atoms. The van der Waals surface area contributed by atoms with E-state index in [0.717, 1.165) is 11.1 Å². The molecule has 1 fully saturated rings. The van der Waals surface area contributed by atoms with Gasteiger partial charge < -0.3 is 24.1 Å². The van der Waals surface area contributed by atoms with Gasteiger partial charge >= 0.3 is 0 Å². The maximum Gasteiger partial charge on any atom is 0.272 e. The minimum absolute atomic E-state index is 0.0606. The van der Waals surface area contributed by atoms with Crippen molar-refractivity contribution in [3.63, 3.8) is 0 Å². The lowest BCUT2D eigenvalue weighted by molar-refractivity contribution is 0.0802. The molecule has 1 aromatic carbocycles. The third-order valence-electron chi connectivity index (χ3n) is 5.93. The number of hydrogen-bond donors (Lipinski definition) is 1. The van der Waals surface area contributed by atoms with Crippen molar-refractivity contribution in [2.24, 2.45) is 4.99 Å². The first-order valence-electron chi connectivity index (χ1n) is 10.4. The minimum atomic E-state index is -2.60. The predicted octanol–water partition coefficient (Wildman–Crippen LogP) is 3.60. The van der Waals surface area contributed by atoms with Crippen LogP contribution in [0, 0.1) is 0 Å². The number of aliphatic imine (C=N–C) groups is 1. The Morgan fingerprint density at radius 1 is 1.03 bits per heavy atom. The first-order valence-corrected chi connectivity index (χ1v) is 10.4. The van der Waals surface area contributed by atoms with Crippen molar-refractivity contribution in [3.05, 3.63) is 41.0 Å². The molecule has 0 bridgehead atoms. The summed E-state index contributed by atoms with van der Waals surface area (Å²) in [5.74, 6) is 1.28. The van der Waals surface area contributed by atoms with Gasteiger partial charge in [0.05, 0.1) is 44.8 Å². The summed E-state index contributed by atoms with van der Waals surface area (Å²) in [6, 6.07) is 6.98. The summed E-state index contributed by atoms with van der Waals surface area (Å²) in [5, 5.41) is 10.3. The number of pyridine rings is 1. The SMILES string of the molecule is COc1ccc(C2=NC3CCC(O)CC3c3cc(OCC(F)F)c(OC)cc32)c(OC)n1. The van der Waals surface area contributed by atoms with Crippen LogP contribution in [-0.2, 0) is 0 Å². The number of fused-ring (bicyclic) bond motifs is 3. The van der Waals surface area contributed by atoms with Gasteiger partial charge in [-0.3, -0.25) is 4.99 Å². The van der Waals surface area contributed by atoms with Crippen molar-refractivity contribution in [1.29, 1.82) is 0 Å². The predicted molar refractivity (Wildman–Crippen MR) is 114 cm³/mol. The van der Waals surface area contributed by atoms with E-state index in [0.29, 0.717) is 48.0 Å². The standard InChI is InChI=1S/C23H26F2N2O5/c1-29-18-10-16-14(9-19(18)32-11-20(24)25)15-8-12(28)4-6-17(15)26-22(16)13-5-7-21(30-2)27-23(13)31-3/h5,7,9-10,12,15,17,20,28H,4,6,8,11H2,1-3H3. The highest BCUT2D eigenvalue weighted by atomic mass is 19.3. The molecule has 0 amide bonds. The molecule has 4 rings (SSSR count). The molecule has 3 atom stereocenters. The number of aromatic nitrogens is 1. The van der Waals surface area contributed by atoms with Gasteiger partial charge in [-0.2, -0.15) is 4.98 Å². The average molecular weight is 448 g/mol. The van der Waals surface area contributed by atoms with E-state index in [1.54, 1.807) is 18.2 Å². The summed E-state index contributed by atoms with van der Waals surface area (Å²) in [4.78, 5) is 9.40. The molecule has 172 valence electrons. The summed E-state index contributed by atoms with van der Waals surface area (Å²) in [7, 11) is 4.51. The van der Waals surface area contributed by atoms with Gasteiger partial charge in [0.15, 0.2) is 11.5 Å². The van der Waals surface area contributed by atoms with Crippen LogP contribution in [0.5, 0.6) is 23.3 Å². The molecule has 2 aromatic rings. The van der Waals surface area contributed by atoms with Crippen molar-refractivity contribution in [1.82, 2.24) is 4.98 Å². The first-order chi connectivity index (χ1) is 15.4. The van der Waals surface area contributed by atoms with Gasteiger partial charge in [-0.05, 0) is 43.0 Å². The summed E-state index contributed by atoms with van der Waals surface area (Å²) >= 11 is 0. The highest BCUT2D eigenvalue weighted by Gasteiger charge is 2.38. The molecule has 1 aromatic heterocycles. The van der Waals surface area contributed by atoms with E-state index in [9.17, 15) is 13.9 Å². The molecule has 0 saturated heterocycles. The van der Waals surface area contributed by atoms with Gasteiger partial charge in [0.25, 0.3) is 6.43 Å². The number of nitrogens with zero attached hydrogens (tertiary/aromatic N) is 2. The van der Waals surface area contributed by atoms with Gasteiger partial charge in [-0.25, -0.2) is 8.78 Å². The Morgan fingerprint density at radius 2 is 1.84 bits per heavy atom. The van der Waals surface area contributed by atoms with Crippen LogP contribution in [0.15, 0.2) is 29.3 Å². The Balaban J connectivity index is 1.87. The normalized spacial score (nSPS) is 22.0. The van der Waals surface area contributed by atoms with Crippen LogP contribution < -0.4 is 18.9 Å². The van der Waals surface area contributed by atoms with E-state index in [2.05, 4.69) is 4.98 Å². The maximum absolute atomic E-state index is 12.8. The minimum Gasteiger partial charge on any atom is -0.493 e. The zero-order valence-electron chi connectivity index (χ0n) is 18.2. The average Bonchev–Trinajstić information content (AvgIpc) is 2.81. The first kappa shape index (κ1) is 22.3. The van der Waals surface area contributed by atoms with Crippen LogP contribution in [0.4, 0.5) is 8.78 Å². The van der Waals surface area contributed by atoms with E-state index in [4.69, 9.17) is 23.9 Å². The lowest BCUT2D eigenvalue weighted by Crippen LogP contribution is -2.34. The van der Waals surface area contributed by atoms with Crippen molar-refractivity contribution in [2.45, 2.75) is 43.8 Å². The zero-order chi connectivity index (χ0) is 22.8. The van der Waals surface area contributed by atoms with E-state index < -0.39 is 19.1 Å². The van der Waals surface area contributed by atoms with Crippen molar-refractivity contribution in [2.75, 3.05) is 27.9 Å². The highest BCUT2D eigenvalue weighted by Crippen LogP contribution is 2.45. The number of aliphatic hydroxyl groups excluding tert-OH is 1. The quantitative estimate of drug-likeness (QED) is 0.697. The highest BCUT2D eigenvalue weighted by molar-refractivity contribution is 6.16. The van der Waals surface area contributed by atoms with Crippen LogP contribution in [0.1, 0.15) is 41.9 Å². The number of aliphatic hydroxyl groups is 1. The number of rotatable bonds is 7. The van der Waals surface area contributed by atoms with Crippen LogP contribution >= 0.6 is 0 Å². The van der Waals surface area contributed by atoms with Gasteiger partial charge in [0.2, 0.25) is 11.8 Å². The number of halogens is 2. The summed E-state index contributed by atoms with van der Waals surface area (Å²) < 4.78 is 47.1. The molecule has 7 nitrogen and oxygen atoms in total. The summed E-state index contributed by atoms with van der Waals surface area (Å²) in [6.07, 6.45) is -1.15. The van der Waals surface area contributed by atoms with E-state index in [1.165, 1.54) is 21.3 Å². The second kappa shape index (κ2) is 9.28. The molecule has 2 aliphatic rings. The second-order valence-electron chi connectivity index (χ2n) is 7.82. The number of benzene rings is 1. The van der Waals surface area contributed by atoms with E-state index in [-0.39, 0.29) is 17.7 Å². The molecule has 3 unspecified atom stereocenters. The molecule has 1 saturated carbocycles. The van der Waals surface area contributed by atoms with Crippen molar-refractivity contribution < 1.29 is 32.8 Å². The van der Waals surface area contributed by atoms with Crippen molar-refractivity contribution in [3.8, 4) is 23.3 Å². The fraction of sp³-hybridized carbons (Fsp3) is 0.478. The molecule has 1 N–H and O–H groups in total. The molecular weight excluding hydrogens is 422 g/mol. The number of ether oxygens (including phenoxy) is 4. The molecule has 0 spiro atoms. The number of alkyl halides is 2. The fourth-order valence-electron chi connectivity index (χ4n) is 4.46. The molecule has 2 heterocycles. The third-order valence-corrected chi connectivity index (χ3v) is 5.93. The van der Waals surface area contributed by atoms with Crippen molar-refractivity contribution >= 4 is 5.71 Å². The molecular formula is C23H26F2N2O5. The maximum atomic E-state index is 12.8. The van der Waals surface area contributed by atoms with Crippen LogP contribution in [0.3, 0.4) is 0 Å². The number of methoxy groups -OCH3 is 3. The van der Waals surface area contributed by atoms with Gasteiger partial charge in [-0.1, -0.05) is 0 Å². The molecule has 1 aliphatic heterocycles.